The Hall–Kier alpha value is -1.86. The van der Waals surface area contributed by atoms with Crippen molar-refractivity contribution in [2.75, 3.05) is 40.0 Å². The highest BCUT2D eigenvalue weighted by Gasteiger charge is 2.23. The number of ether oxygens (including phenoxy) is 1. The molecule has 2 rings (SSSR count). The van der Waals surface area contributed by atoms with Crippen LogP contribution in [0.15, 0.2) is 6.07 Å². The smallest absolute Gasteiger partial charge is 0.255 e. The second-order valence-corrected chi connectivity index (χ2v) is 7.30. The zero-order valence-electron chi connectivity index (χ0n) is 16.8. The number of nitrogens with zero attached hydrogens (tertiary/aromatic N) is 2. The van der Waals surface area contributed by atoms with Crippen LogP contribution < -0.4 is 5.32 Å². The Morgan fingerprint density at radius 3 is 2.81 bits per heavy atom. The lowest BCUT2D eigenvalue weighted by Gasteiger charge is -2.23. The summed E-state index contributed by atoms with van der Waals surface area (Å²) < 4.78 is 7.26. The van der Waals surface area contributed by atoms with E-state index in [0.29, 0.717) is 44.8 Å². The summed E-state index contributed by atoms with van der Waals surface area (Å²) in [4.78, 5) is 27.0. The first-order valence-corrected chi connectivity index (χ1v) is 9.80. The van der Waals surface area contributed by atoms with Crippen LogP contribution in [0.3, 0.4) is 0 Å². The summed E-state index contributed by atoms with van der Waals surface area (Å²) in [6, 6.07) is 1.93. The molecule has 0 aliphatic carbocycles. The minimum atomic E-state index is -0.0445. The number of carbonyl (C=O) groups is 2. The number of methoxy groups -OCH3 is 1. The van der Waals surface area contributed by atoms with Gasteiger partial charge in [-0.2, -0.15) is 0 Å². The van der Waals surface area contributed by atoms with Gasteiger partial charge < -0.3 is 24.6 Å². The van der Waals surface area contributed by atoms with Crippen molar-refractivity contribution in [1.29, 1.82) is 0 Å². The fraction of sp³-hybridized carbons (Fsp3) is 0.700. The fourth-order valence-electron chi connectivity index (χ4n) is 3.67. The number of nitrogens with one attached hydrogen (secondary N) is 1. The summed E-state index contributed by atoms with van der Waals surface area (Å²) in [6.45, 7) is 6.96. The Labute approximate surface area is 161 Å². The van der Waals surface area contributed by atoms with E-state index in [2.05, 4.69) is 9.88 Å². The van der Waals surface area contributed by atoms with Crippen LogP contribution in [0, 0.1) is 19.8 Å². The van der Waals surface area contributed by atoms with Crippen molar-refractivity contribution in [2.24, 2.45) is 5.92 Å². The van der Waals surface area contributed by atoms with Crippen molar-refractivity contribution in [2.45, 2.75) is 46.1 Å². The SMILES string of the molecule is COCCn1c(C)cc(C(=O)N2CCCC(CO)CCNC(=O)CC2)c1C. The van der Waals surface area contributed by atoms with E-state index < -0.39 is 0 Å². The van der Waals surface area contributed by atoms with E-state index in [-0.39, 0.29) is 24.3 Å². The molecule has 27 heavy (non-hydrogen) atoms. The maximum Gasteiger partial charge on any atom is 0.255 e. The molecule has 0 bridgehead atoms. The summed E-state index contributed by atoms with van der Waals surface area (Å²) in [5.74, 6) is 0.0933. The van der Waals surface area contributed by atoms with Crippen LogP contribution in [0.2, 0.25) is 0 Å². The molecule has 152 valence electrons. The number of aliphatic hydroxyl groups excluding tert-OH is 1. The van der Waals surface area contributed by atoms with Gasteiger partial charge in [-0.25, -0.2) is 0 Å². The molecule has 2 N–H and O–H groups in total. The number of hydrogen-bond donors (Lipinski definition) is 2. The lowest BCUT2D eigenvalue weighted by Crippen LogP contribution is -2.36. The first kappa shape index (κ1) is 21.4. The number of rotatable bonds is 5. The molecule has 1 saturated heterocycles. The van der Waals surface area contributed by atoms with E-state index in [4.69, 9.17) is 4.74 Å². The summed E-state index contributed by atoms with van der Waals surface area (Å²) in [6.07, 6.45) is 2.76. The quantitative estimate of drug-likeness (QED) is 0.812. The Kier molecular flexibility index (Phi) is 8.31. The van der Waals surface area contributed by atoms with Gasteiger partial charge in [0.2, 0.25) is 5.91 Å². The van der Waals surface area contributed by atoms with E-state index >= 15 is 0 Å². The molecule has 1 unspecified atom stereocenters. The van der Waals surface area contributed by atoms with Gasteiger partial charge in [0.15, 0.2) is 0 Å². The van der Waals surface area contributed by atoms with Gasteiger partial charge in [0, 0.05) is 57.7 Å². The standard InChI is InChI=1S/C20H33N3O4/c1-15-13-18(16(2)23(15)11-12-27-3)20(26)22-9-4-5-17(14-24)6-8-21-19(25)7-10-22/h13,17,24H,4-12,14H2,1-3H3,(H,21,25). The largest absolute Gasteiger partial charge is 0.396 e. The third kappa shape index (κ3) is 5.81. The molecule has 1 fully saturated rings. The number of aromatic nitrogens is 1. The number of aliphatic hydroxyl groups is 1. The number of carbonyl (C=O) groups excluding carboxylic acids is 2. The topological polar surface area (TPSA) is 83.8 Å². The molecule has 7 nitrogen and oxygen atoms in total. The van der Waals surface area contributed by atoms with Gasteiger partial charge in [-0.05, 0) is 45.1 Å². The summed E-state index contributed by atoms with van der Waals surface area (Å²) >= 11 is 0. The van der Waals surface area contributed by atoms with Crippen molar-refractivity contribution in [1.82, 2.24) is 14.8 Å². The second kappa shape index (κ2) is 10.5. The highest BCUT2D eigenvalue weighted by atomic mass is 16.5. The molecule has 0 aromatic carbocycles. The lowest BCUT2D eigenvalue weighted by molar-refractivity contribution is -0.121. The van der Waals surface area contributed by atoms with Crippen LogP contribution in [-0.4, -0.2) is 66.3 Å². The van der Waals surface area contributed by atoms with Crippen LogP contribution in [0.5, 0.6) is 0 Å². The zero-order chi connectivity index (χ0) is 19.8. The van der Waals surface area contributed by atoms with Crippen LogP contribution in [-0.2, 0) is 16.1 Å². The Balaban J connectivity index is 2.15. The minimum Gasteiger partial charge on any atom is -0.396 e. The predicted octanol–water partition coefficient (Wildman–Crippen LogP) is 1.49. The van der Waals surface area contributed by atoms with Crippen molar-refractivity contribution in [3.05, 3.63) is 23.0 Å². The summed E-state index contributed by atoms with van der Waals surface area (Å²) in [7, 11) is 1.67. The van der Waals surface area contributed by atoms with E-state index in [1.165, 1.54) is 0 Å². The number of aryl methyl sites for hydroxylation is 1. The average Bonchev–Trinajstić information content (AvgIpc) is 2.91. The molecule has 0 saturated carbocycles. The van der Waals surface area contributed by atoms with E-state index in [1.807, 2.05) is 19.9 Å². The highest BCUT2D eigenvalue weighted by Crippen LogP contribution is 2.19. The average molecular weight is 380 g/mol. The Morgan fingerprint density at radius 1 is 1.33 bits per heavy atom. The molecule has 1 aromatic heterocycles. The molecule has 0 spiro atoms. The van der Waals surface area contributed by atoms with Gasteiger partial charge in [0.05, 0.1) is 12.2 Å². The monoisotopic (exact) mass is 379 g/mol. The summed E-state index contributed by atoms with van der Waals surface area (Å²) in [5, 5.41) is 12.4. The molecule has 2 heterocycles. The molecule has 1 aliphatic heterocycles. The number of hydrogen-bond acceptors (Lipinski definition) is 4. The van der Waals surface area contributed by atoms with Crippen molar-refractivity contribution in [3.8, 4) is 0 Å². The first-order chi connectivity index (χ1) is 13.0. The highest BCUT2D eigenvalue weighted by molar-refractivity contribution is 5.96. The molecular formula is C20H33N3O4. The maximum absolute atomic E-state index is 13.2. The Morgan fingerprint density at radius 2 is 2.11 bits per heavy atom. The van der Waals surface area contributed by atoms with E-state index in [0.717, 1.165) is 30.7 Å². The van der Waals surface area contributed by atoms with Gasteiger partial charge >= 0.3 is 0 Å². The minimum absolute atomic E-state index is 0.0284. The fourth-order valence-corrected chi connectivity index (χ4v) is 3.67. The van der Waals surface area contributed by atoms with Gasteiger partial charge in [0.25, 0.3) is 5.91 Å². The molecule has 7 heteroatoms. The molecule has 1 atom stereocenters. The molecule has 1 aliphatic rings. The predicted molar refractivity (Wildman–Crippen MR) is 104 cm³/mol. The van der Waals surface area contributed by atoms with Crippen molar-refractivity contribution in [3.63, 3.8) is 0 Å². The van der Waals surface area contributed by atoms with Gasteiger partial charge in [-0.1, -0.05) is 0 Å². The first-order valence-electron chi connectivity index (χ1n) is 9.80. The normalized spacial score (nSPS) is 19.5. The van der Waals surface area contributed by atoms with Crippen molar-refractivity contribution >= 4 is 11.8 Å². The van der Waals surface area contributed by atoms with Gasteiger partial charge in [-0.3, -0.25) is 9.59 Å². The van der Waals surface area contributed by atoms with Crippen LogP contribution >= 0.6 is 0 Å². The van der Waals surface area contributed by atoms with Crippen LogP contribution in [0.25, 0.3) is 0 Å². The molecule has 2 amide bonds. The van der Waals surface area contributed by atoms with Crippen LogP contribution in [0.4, 0.5) is 0 Å². The summed E-state index contributed by atoms with van der Waals surface area (Å²) in [5.41, 5.74) is 2.66. The third-order valence-electron chi connectivity index (χ3n) is 5.39. The van der Waals surface area contributed by atoms with E-state index in [1.54, 1.807) is 12.0 Å². The second-order valence-electron chi connectivity index (χ2n) is 7.30. The lowest BCUT2D eigenvalue weighted by atomic mass is 10.0. The van der Waals surface area contributed by atoms with Gasteiger partial charge in [-0.15, -0.1) is 0 Å². The molecule has 1 aromatic rings. The number of amides is 2. The zero-order valence-corrected chi connectivity index (χ0v) is 16.8. The molecular weight excluding hydrogens is 346 g/mol. The molecule has 0 radical (unpaired) electrons. The third-order valence-corrected chi connectivity index (χ3v) is 5.39. The van der Waals surface area contributed by atoms with Gasteiger partial charge in [0.1, 0.15) is 0 Å². The van der Waals surface area contributed by atoms with E-state index in [9.17, 15) is 14.7 Å². The van der Waals surface area contributed by atoms with Crippen LogP contribution in [0.1, 0.15) is 47.4 Å². The Bertz CT molecular complexity index is 641. The van der Waals surface area contributed by atoms with Crippen molar-refractivity contribution < 1.29 is 19.4 Å². The maximum atomic E-state index is 13.2.